The number of pyridine rings is 1. The Bertz CT molecular complexity index is 733. The Morgan fingerprint density at radius 1 is 1.46 bits per heavy atom. The molecule has 3 heterocycles. The van der Waals surface area contributed by atoms with Crippen molar-refractivity contribution in [3.05, 3.63) is 34.9 Å². The van der Waals surface area contributed by atoms with Crippen molar-refractivity contribution < 1.29 is 14.3 Å². The highest BCUT2D eigenvalue weighted by Crippen LogP contribution is 2.11. The second-order valence-corrected chi connectivity index (χ2v) is 5.78. The fourth-order valence-electron chi connectivity index (χ4n) is 2.66. The molecule has 130 valence electrons. The SMILES string of the molecule is O=C(Cn1nc2ccccn2c1=O)NCCCOCC1CCCO1. The Balaban J connectivity index is 1.36. The minimum absolute atomic E-state index is 0.0860. The number of nitrogens with zero attached hydrogens (tertiary/aromatic N) is 3. The number of carbonyl (C=O) groups excluding carboxylic acids is 1. The van der Waals surface area contributed by atoms with Crippen LogP contribution in [-0.2, 0) is 20.8 Å². The third-order valence-electron chi connectivity index (χ3n) is 3.90. The van der Waals surface area contributed by atoms with Crippen molar-refractivity contribution in [2.24, 2.45) is 0 Å². The lowest BCUT2D eigenvalue weighted by atomic mass is 10.2. The van der Waals surface area contributed by atoms with Gasteiger partial charge in [-0.15, -0.1) is 5.10 Å². The van der Waals surface area contributed by atoms with Gasteiger partial charge in [0.05, 0.1) is 12.7 Å². The van der Waals surface area contributed by atoms with Crippen LogP contribution >= 0.6 is 0 Å². The van der Waals surface area contributed by atoms with Gasteiger partial charge < -0.3 is 14.8 Å². The van der Waals surface area contributed by atoms with Gasteiger partial charge in [-0.05, 0) is 31.4 Å². The second kappa shape index (κ2) is 8.07. The van der Waals surface area contributed by atoms with E-state index < -0.39 is 0 Å². The fraction of sp³-hybridized carbons (Fsp3) is 0.562. The predicted molar refractivity (Wildman–Crippen MR) is 86.9 cm³/mol. The molecule has 2 aromatic rings. The molecule has 1 fully saturated rings. The van der Waals surface area contributed by atoms with Crippen molar-refractivity contribution in [3.8, 4) is 0 Å². The first kappa shape index (κ1) is 16.7. The molecular weight excluding hydrogens is 312 g/mol. The number of carbonyl (C=O) groups is 1. The molecule has 1 aliphatic rings. The zero-order valence-electron chi connectivity index (χ0n) is 13.5. The summed E-state index contributed by atoms with van der Waals surface area (Å²) in [5.74, 6) is -0.236. The van der Waals surface area contributed by atoms with Crippen molar-refractivity contribution in [2.75, 3.05) is 26.4 Å². The molecule has 1 N–H and O–H groups in total. The predicted octanol–water partition coefficient (Wildman–Crippen LogP) is 0.198. The number of aromatic nitrogens is 3. The largest absolute Gasteiger partial charge is 0.379 e. The summed E-state index contributed by atoms with van der Waals surface area (Å²) in [6.07, 6.45) is 4.74. The van der Waals surface area contributed by atoms with E-state index in [4.69, 9.17) is 9.47 Å². The highest BCUT2D eigenvalue weighted by Gasteiger charge is 2.15. The third-order valence-corrected chi connectivity index (χ3v) is 3.90. The molecule has 0 spiro atoms. The van der Waals surface area contributed by atoms with Gasteiger partial charge in [0, 0.05) is 26.0 Å². The van der Waals surface area contributed by atoms with Crippen LogP contribution in [0.15, 0.2) is 29.2 Å². The molecule has 0 aromatic carbocycles. The molecule has 0 radical (unpaired) electrons. The third kappa shape index (κ3) is 4.21. The van der Waals surface area contributed by atoms with E-state index in [2.05, 4.69) is 10.4 Å². The Labute approximate surface area is 139 Å². The van der Waals surface area contributed by atoms with Gasteiger partial charge in [0.25, 0.3) is 0 Å². The van der Waals surface area contributed by atoms with Gasteiger partial charge in [-0.1, -0.05) is 6.07 Å². The minimum atomic E-state index is -0.319. The van der Waals surface area contributed by atoms with Crippen molar-refractivity contribution >= 4 is 11.6 Å². The molecule has 0 saturated carbocycles. The topological polar surface area (TPSA) is 86.9 Å². The summed E-state index contributed by atoms with van der Waals surface area (Å²) in [5.41, 5.74) is 0.207. The van der Waals surface area contributed by atoms with Crippen LogP contribution in [0.1, 0.15) is 19.3 Å². The summed E-state index contributed by atoms with van der Waals surface area (Å²) < 4.78 is 13.6. The van der Waals surface area contributed by atoms with Crippen LogP contribution in [0.3, 0.4) is 0 Å². The first-order valence-electron chi connectivity index (χ1n) is 8.24. The van der Waals surface area contributed by atoms with Gasteiger partial charge >= 0.3 is 5.69 Å². The first-order valence-corrected chi connectivity index (χ1v) is 8.24. The monoisotopic (exact) mass is 334 g/mol. The minimum Gasteiger partial charge on any atom is -0.379 e. The zero-order chi connectivity index (χ0) is 16.8. The first-order chi connectivity index (χ1) is 11.7. The average Bonchev–Trinajstić information content (AvgIpc) is 3.20. The molecule has 8 heteroatoms. The van der Waals surface area contributed by atoms with E-state index in [0.717, 1.165) is 25.9 Å². The lowest BCUT2D eigenvalue weighted by molar-refractivity contribution is -0.121. The van der Waals surface area contributed by atoms with Crippen LogP contribution in [0.2, 0.25) is 0 Å². The van der Waals surface area contributed by atoms with E-state index in [-0.39, 0.29) is 24.2 Å². The Morgan fingerprint density at radius 3 is 3.17 bits per heavy atom. The van der Waals surface area contributed by atoms with Crippen molar-refractivity contribution in [1.82, 2.24) is 19.5 Å². The van der Waals surface area contributed by atoms with Crippen molar-refractivity contribution in [2.45, 2.75) is 31.9 Å². The van der Waals surface area contributed by atoms with Gasteiger partial charge in [0.1, 0.15) is 6.54 Å². The number of fused-ring (bicyclic) bond motifs is 1. The van der Waals surface area contributed by atoms with Crippen LogP contribution in [0.25, 0.3) is 5.65 Å². The maximum Gasteiger partial charge on any atom is 0.350 e. The smallest absolute Gasteiger partial charge is 0.350 e. The second-order valence-electron chi connectivity index (χ2n) is 5.78. The van der Waals surface area contributed by atoms with E-state index in [9.17, 15) is 9.59 Å². The molecule has 1 aliphatic heterocycles. The molecule has 1 amide bonds. The van der Waals surface area contributed by atoms with Crippen LogP contribution in [0.5, 0.6) is 0 Å². The average molecular weight is 334 g/mol. The van der Waals surface area contributed by atoms with Gasteiger partial charge in [-0.25, -0.2) is 9.48 Å². The molecule has 8 nitrogen and oxygen atoms in total. The summed E-state index contributed by atoms with van der Waals surface area (Å²) >= 11 is 0. The maximum atomic E-state index is 12.1. The molecular formula is C16H22N4O4. The van der Waals surface area contributed by atoms with Crippen LogP contribution in [-0.4, -0.2) is 52.6 Å². The standard InChI is InChI=1S/C16H22N4O4/c21-15(17-7-4-9-23-12-13-5-3-10-24-13)11-20-16(22)19-8-2-1-6-14(19)18-20/h1-2,6,8,13H,3-5,7,9-12H2,(H,17,21). The Kier molecular flexibility index (Phi) is 5.60. The van der Waals surface area contributed by atoms with Crippen molar-refractivity contribution in [3.63, 3.8) is 0 Å². The van der Waals surface area contributed by atoms with E-state index in [0.29, 0.717) is 25.4 Å². The molecule has 1 atom stereocenters. The number of amides is 1. The van der Waals surface area contributed by atoms with Crippen molar-refractivity contribution in [1.29, 1.82) is 0 Å². The highest BCUT2D eigenvalue weighted by molar-refractivity contribution is 5.75. The number of nitrogens with one attached hydrogen (secondary N) is 1. The van der Waals surface area contributed by atoms with E-state index in [1.54, 1.807) is 24.4 Å². The maximum absolute atomic E-state index is 12.1. The van der Waals surface area contributed by atoms with Gasteiger partial charge in [-0.2, -0.15) is 0 Å². The summed E-state index contributed by atoms with van der Waals surface area (Å²) in [5, 5.41) is 6.89. The fourth-order valence-corrected chi connectivity index (χ4v) is 2.66. The number of hydrogen-bond acceptors (Lipinski definition) is 5. The van der Waals surface area contributed by atoms with E-state index >= 15 is 0 Å². The molecule has 2 aromatic heterocycles. The summed E-state index contributed by atoms with van der Waals surface area (Å²) in [6, 6.07) is 5.26. The molecule has 0 bridgehead atoms. The highest BCUT2D eigenvalue weighted by atomic mass is 16.5. The molecule has 3 rings (SSSR count). The van der Waals surface area contributed by atoms with Crippen LogP contribution in [0, 0.1) is 0 Å². The van der Waals surface area contributed by atoms with Gasteiger partial charge in [0.15, 0.2) is 5.65 Å². The molecule has 24 heavy (non-hydrogen) atoms. The summed E-state index contributed by atoms with van der Waals surface area (Å²) in [6.45, 7) is 2.44. The Hall–Kier alpha value is -2.19. The number of hydrogen-bond donors (Lipinski definition) is 1. The molecule has 1 saturated heterocycles. The van der Waals surface area contributed by atoms with E-state index in [1.165, 1.54) is 9.08 Å². The summed E-state index contributed by atoms with van der Waals surface area (Å²) in [7, 11) is 0. The Morgan fingerprint density at radius 2 is 2.38 bits per heavy atom. The summed E-state index contributed by atoms with van der Waals surface area (Å²) in [4.78, 5) is 24.0. The number of ether oxygens (including phenoxy) is 2. The quantitative estimate of drug-likeness (QED) is 0.697. The van der Waals surface area contributed by atoms with Crippen LogP contribution in [0.4, 0.5) is 0 Å². The normalized spacial score (nSPS) is 17.4. The number of rotatable bonds is 8. The zero-order valence-corrected chi connectivity index (χ0v) is 13.5. The lowest BCUT2D eigenvalue weighted by Gasteiger charge is -2.10. The lowest BCUT2D eigenvalue weighted by Crippen LogP contribution is -2.33. The van der Waals surface area contributed by atoms with Gasteiger partial charge in [-0.3, -0.25) is 9.20 Å². The van der Waals surface area contributed by atoms with Crippen LogP contribution < -0.4 is 11.0 Å². The van der Waals surface area contributed by atoms with E-state index in [1.807, 2.05) is 0 Å². The molecule has 0 aliphatic carbocycles. The van der Waals surface area contributed by atoms with Gasteiger partial charge in [0.2, 0.25) is 5.91 Å². The molecule has 1 unspecified atom stereocenters.